The molecular weight excluding hydrogens is 500 g/mol. The highest BCUT2D eigenvalue weighted by Crippen LogP contribution is 2.42. The molecule has 41 heavy (non-hydrogen) atoms. The SMILES string of the molecule is CC1Cc2ccc(Cc3ccc4ccc5cccnc5c4n3)cc2C=C1C1=Nc2c(ccc3cccnc23)C(C)C1. The fraction of sp³-hybridized carbons (Fsp3) is 0.189. The summed E-state index contributed by atoms with van der Waals surface area (Å²) >= 11 is 0. The summed E-state index contributed by atoms with van der Waals surface area (Å²) in [5.74, 6) is 0.834. The summed E-state index contributed by atoms with van der Waals surface area (Å²) in [6, 6.07) is 28.1. The predicted molar refractivity (Wildman–Crippen MR) is 169 cm³/mol. The number of fused-ring (bicyclic) bond motifs is 7. The van der Waals surface area contributed by atoms with Crippen LogP contribution in [0.1, 0.15) is 54.1 Å². The van der Waals surface area contributed by atoms with Gasteiger partial charge in [0.25, 0.3) is 0 Å². The molecule has 0 N–H and O–H groups in total. The highest BCUT2D eigenvalue weighted by Gasteiger charge is 2.28. The molecule has 0 fully saturated rings. The summed E-state index contributed by atoms with van der Waals surface area (Å²) in [5, 5.41) is 3.39. The minimum Gasteiger partial charge on any atom is -0.254 e. The molecule has 6 aromatic rings. The first-order chi connectivity index (χ1) is 20.1. The van der Waals surface area contributed by atoms with Crippen molar-refractivity contribution >= 4 is 50.2 Å². The van der Waals surface area contributed by atoms with Gasteiger partial charge in [0.1, 0.15) is 0 Å². The number of pyridine rings is 3. The second-order valence-corrected chi connectivity index (χ2v) is 11.7. The van der Waals surface area contributed by atoms with Crippen molar-refractivity contribution in [2.75, 3.05) is 0 Å². The highest BCUT2D eigenvalue weighted by molar-refractivity contribution is 6.09. The number of aliphatic imine (C=N–C) groups is 1. The molecule has 4 heteroatoms. The van der Waals surface area contributed by atoms with Crippen LogP contribution in [0.25, 0.3) is 38.8 Å². The molecular formula is C37H30N4. The number of allylic oxidation sites excluding steroid dienone is 1. The van der Waals surface area contributed by atoms with Crippen molar-refractivity contribution in [1.82, 2.24) is 15.0 Å². The Bertz CT molecular complexity index is 2070. The van der Waals surface area contributed by atoms with Crippen LogP contribution in [0, 0.1) is 5.92 Å². The van der Waals surface area contributed by atoms with Crippen LogP contribution in [0.15, 0.2) is 102 Å². The van der Waals surface area contributed by atoms with Gasteiger partial charge in [0.2, 0.25) is 0 Å². The molecule has 198 valence electrons. The second-order valence-electron chi connectivity index (χ2n) is 11.7. The van der Waals surface area contributed by atoms with E-state index in [-0.39, 0.29) is 0 Å². The van der Waals surface area contributed by atoms with E-state index in [0.717, 1.165) is 63.4 Å². The van der Waals surface area contributed by atoms with E-state index >= 15 is 0 Å². The Hall–Kier alpha value is -4.70. The zero-order chi connectivity index (χ0) is 27.5. The maximum Gasteiger partial charge on any atom is 0.0967 e. The Morgan fingerprint density at radius 3 is 2.29 bits per heavy atom. The van der Waals surface area contributed by atoms with Crippen molar-refractivity contribution in [3.8, 4) is 0 Å². The molecule has 3 aromatic carbocycles. The summed E-state index contributed by atoms with van der Waals surface area (Å²) in [6.07, 6.45) is 8.89. The molecule has 1 aliphatic carbocycles. The molecule has 4 heterocycles. The van der Waals surface area contributed by atoms with Crippen LogP contribution in [0.4, 0.5) is 5.69 Å². The van der Waals surface area contributed by atoms with E-state index in [1.165, 1.54) is 33.5 Å². The molecule has 0 saturated carbocycles. The van der Waals surface area contributed by atoms with Gasteiger partial charge in [-0.3, -0.25) is 19.9 Å². The lowest BCUT2D eigenvalue weighted by molar-refractivity contribution is 0.684. The van der Waals surface area contributed by atoms with Gasteiger partial charge < -0.3 is 0 Å². The quantitative estimate of drug-likeness (QED) is 0.215. The first kappa shape index (κ1) is 24.1. The van der Waals surface area contributed by atoms with Crippen LogP contribution in [0.3, 0.4) is 0 Å². The van der Waals surface area contributed by atoms with Crippen LogP contribution >= 0.6 is 0 Å². The number of hydrogen-bond donors (Lipinski definition) is 0. The lowest BCUT2D eigenvalue weighted by Gasteiger charge is -2.29. The molecule has 3 aromatic heterocycles. The van der Waals surface area contributed by atoms with Gasteiger partial charge in [-0.2, -0.15) is 0 Å². The van der Waals surface area contributed by atoms with Gasteiger partial charge in [-0.15, -0.1) is 0 Å². The van der Waals surface area contributed by atoms with Crippen LogP contribution in [-0.2, 0) is 12.8 Å². The molecule has 4 nitrogen and oxygen atoms in total. The van der Waals surface area contributed by atoms with Gasteiger partial charge in [-0.1, -0.05) is 74.5 Å². The molecule has 8 rings (SSSR count). The van der Waals surface area contributed by atoms with Crippen LogP contribution in [-0.4, -0.2) is 20.7 Å². The van der Waals surface area contributed by atoms with Crippen molar-refractivity contribution in [3.05, 3.63) is 125 Å². The normalized spacial score (nSPS) is 18.2. The minimum absolute atomic E-state index is 0.411. The van der Waals surface area contributed by atoms with Crippen molar-refractivity contribution in [2.45, 2.75) is 39.0 Å². The van der Waals surface area contributed by atoms with Crippen molar-refractivity contribution < 1.29 is 0 Å². The van der Waals surface area contributed by atoms with Gasteiger partial charge in [-0.25, -0.2) is 0 Å². The van der Waals surface area contributed by atoms with E-state index in [4.69, 9.17) is 15.0 Å². The number of hydrogen-bond acceptors (Lipinski definition) is 4. The zero-order valence-electron chi connectivity index (χ0n) is 23.3. The molecule has 0 spiro atoms. The van der Waals surface area contributed by atoms with Gasteiger partial charge >= 0.3 is 0 Å². The molecule has 0 radical (unpaired) electrons. The van der Waals surface area contributed by atoms with E-state index in [9.17, 15) is 0 Å². The minimum atomic E-state index is 0.411. The lowest BCUT2D eigenvalue weighted by Crippen LogP contribution is -2.20. The monoisotopic (exact) mass is 530 g/mol. The Morgan fingerprint density at radius 2 is 1.44 bits per heavy atom. The molecule has 2 unspecified atom stereocenters. The number of benzene rings is 3. The van der Waals surface area contributed by atoms with Crippen LogP contribution in [0.5, 0.6) is 0 Å². The van der Waals surface area contributed by atoms with Crippen molar-refractivity contribution in [2.24, 2.45) is 10.9 Å². The molecule has 2 atom stereocenters. The third-order valence-electron chi connectivity index (χ3n) is 8.84. The zero-order valence-corrected chi connectivity index (χ0v) is 23.3. The fourth-order valence-electron chi connectivity index (χ4n) is 6.69. The van der Waals surface area contributed by atoms with Crippen molar-refractivity contribution in [1.29, 1.82) is 0 Å². The van der Waals surface area contributed by atoms with Gasteiger partial charge in [0, 0.05) is 46.4 Å². The maximum atomic E-state index is 5.28. The van der Waals surface area contributed by atoms with Gasteiger partial charge in [0.15, 0.2) is 0 Å². The van der Waals surface area contributed by atoms with E-state index in [0.29, 0.717) is 11.8 Å². The fourth-order valence-corrected chi connectivity index (χ4v) is 6.69. The first-order valence-corrected chi connectivity index (χ1v) is 14.5. The Balaban J connectivity index is 1.16. The first-order valence-electron chi connectivity index (χ1n) is 14.5. The number of rotatable bonds is 3. The smallest absolute Gasteiger partial charge is 0.0967 e. The van der Waals surface area contributed by atoms with Gasteiger partial charge in [0.05, 0.1) is 22.2 Å². The van der Waals surface area contributed by atoms with Crippen LogP contribution < -0.4 is 0 Å². The summed E-state index contributed by atoms with van der Waals surface area (Å²) in [7, 11) is 0. The third-order valence-corrected chi connectivity index (χ3v) is 8.84. The predicted octanol–water partition coefficient (Wildman–Crippen LogP) is 8.78. The standard InChI is InChI=1S/C37H30N4/c1-22-17-28-8-7-24(20-30-13-11-27-10-9-25-5-3-15-38-34(25)36(27)40-30)19-29(28)21-32(22)33-18-23(2)31-14-12-26-6-4-16-39-35(26)37(31)41-33/h3-16,19,21-23H,17-18,20H2,1-2H3. The molecule has 0 bridgehead atoms. The summed E-state index contributed by atoms with van der Waals surface area (Å²) in [4.78, 5) is 19.7. The molecule has 1 aliphatic heterocycles. The van der Waals surface area contributed by atoms with E-state index in [1.807, 2.05) is 24.5 Å². The van der Waals surface area contributed by atoms with Gasteiger partial charge in [-0.05, 0) is 76.8 Å². The lowest BCUT2D eigenvalue weighted by atomic mass is 9.78. The Morgan fingerprint density at radius 1 is 0.707 bits per heavy atom. The third kappa shape index (κ3) is 4.13. The second kappa shape index (κ2) is 9.45. The van der Waals surface area contributed by atoms with E-state index in [1.54, 1.807) is 0 Å². The number of aromatic nitrogens is 3. The molecule has 2 aliphatic rings. The largest absolute Gasteiger partial charge is 0.254 e. The Labute approximate surface area is 239 Å². The topological polar surface area (TPSA) is 51.0 Å². The maximum absolute atomic E-state index is 5.28. The van der Waals surface area contributed by atoms with Crippen LogP contribution in [0.2, 0.25) is 0 Å². The summed E-state index contributed by atoms with van der Waals surface area (Å²) in [6.45, 7) is 4.65. The summed E-state index contributed by atoms with van der Waals surface area (Å²) in [5.41, 5.74) is 12.9. The highest BCUT2D eigenvalue weighted by atomic mass is 14.8. The summed E-state index contributed by atoms with van der Waals surface area (Å²) < 4.78 is 0. The molecule has 0 amide bonds. The van der Waals surface area contributed by atoms with Crippen molar-refractivity contribution in [3.63, 3.8) is 0 Å². The van der Waals surface area contributed by atoms with E-state index in [2.05, 4.69) is 91.6 Å². The average molecular weight is 531 g/mol. The van der Waals surface area contributed by atoms with E-state index < -0.39 is 0 Å². The average Bonchev–Trinajstić information content (AvgIpc) is 3.00. The Kier molecular flexibility index (Phi) is 5.56. The number of nitrogens with zero attached hydrogens (tertiary/aromatic N) is 4. The molecule has 0 saturated heterocycles.